The van der Waals surface area contributed by atoms with Gasteiger partial charge in [-0.3, -0.25) is 4.79 Å². The summed E-state index contributed by atoms with van der Waals surface area (Å²) in [4.78, 5) is 10.7. The summed E-state index contributed by atoms with van der Waals surface area (Å²) in [6.45, 7) is 1.06. The largest absolute Gasteiger partial charge is 0.481 e. The van der Waals surface area contributed by atoms with Gasteiger partial charge in [-0.25, -0.2) is 0 Å². The highest BCUT2D eigenvalue weighted by Crippen LogP contribution is 2.30. The predicted octanol–water partition coefficient (Wildman–Crippen LogP) is 1.49. The average molecular weight is 185 g/mol. The van der Waals surface area contributed by atoms with Crippen LogP contribution in [0.2, 0.25) is 0 Å². The Morgan fingerprint density at radius 2 is 2.00 bits per heavy atom. The lowest BCUT2D eigenvalue weighted by Gasteiger charge is -2.25. The van der Waals surface area contributed by atoms with Gasteiger partial charge >= 0.3 is 5.97 Å². The van der Waals surface area contributed by atoms with Crippen molar-refractivity contribution in [3.8, 4) is 0 Å². The highest BCUT2D eigenvalue weighted by molar-refractivity contribution is 5.69. The van der Waals surface area contributed by atoms with Crippen LogP contribution in [0.4, 0.5) is 0 Å². The third-order valence-corrected chi connectivity index (χ3v) is 3.00. The Hall–Kier alpha value is -0.570. The monoisotopic (exact) mass is 185 g/mol. The van der Waals surface area contributed by atoms with Crippen LogP contribution in [0.5, 0.6) is 0 Å². The zero-order chi connectivity index (χ0) is 9.68. The first-order valence-corrected chi connectivity index (χ1v) is 5.11. The smallest absolute Gasteiger partial charge is 0.306 e. The lowest BCUT2D eigenvalue weighted by Crippen LogP contribution is -2.23. The number of rotatable bonds is 4. The third kappa shape index (κ3) is 3.35. The molecule has 0 saturated heterocycles. The molecule has 0 aromatic heterocycles. The van der Waals surface area contributed by atoms with E-state index in [0.717, 1.165) is 38.1 Å². The number of hydrogen-bond acceptors (Lipinski definition) is 2. The van der Waals surface area contributed by atoms with Gasteiger partial charge in [-0.2, -0.15) is 0 Å². The van der Waals surface area contributed by atoms with Crippen LogP contribution in [-0.2, 0) is 4.79 Å². The lowest BCUT2D eigenvalue weighted by atomic mass is 9.80. The van der Waals surface area contributed by atoms with Crippen molar-refractivity contribution in [1.29, 1.82) is 0 Å². The highest BCUT2D eigenvalue weighted by atomic mass is 16.4. The van der Waals surface area contributed by atoms with E-state index in [0.29, 0.717) is 0 Å². The Balaban J connectivity index is 2.18. The van der Waals surface area contributed by atoms with E-state index in [1.165, 1.54) is 6.42 Å². The molecule has 0 heterocycles. The van der Waals surface area contributed by atoms with Crippen LogP contribution in [0.1, 0.15) is 32.1 Å². The van der Waals surface area contributed by atoms with Crippen LogP contribution >= 0.6 is 0 Å². The quantitative estimate of drug-likeness (QED) is 0.697. The van der Waals surface area contributed by atoms with Gasteiger partial charge in [0.2, 0.25) is 0 Å². The Kier molecular flexibility index (Phi) is 4.22. The SMILES string of the molecule is CNCC[C@H]1CC[C@H](C(=O)O)CC1. The van der Waals surface area contributed by atoms with Crippen molar-refractivity contribution in [1.82, 2.24) is 5.32 Å². The van der Waals surface area contributed by atoms with E-state index in [1.54, 1.807) is 0 Å². The van der Waals surface area contributed by atoms with Crippen LogP contribution in [-0.4, -0.2) is 24.7 Å². The van der Waals surface area contributed by atoms with Crippen molar-refractivity contribution >= 4 is 5.97 Å². The Bertz CT molecular complexity index is 162. The van der Waals surface area contributed by atoms with Gasteiger partial charge in [0.05, 0.1) is 5.92 Å². The first kappa shape index (κ1) is 10.5. The molecule has 1 aliphatic rings. The summed E-state index contributed by atoms with van der Waals surface area (Å²) >= 11 is 0. The van der Waals surface area contributed by atoms with E-state index < -0.39 is 5.97 Å². The van der Waals surface area contributed by atoms with E-state index in [1.807, 2.05) is 7.05 Å². The molecule has 0 aliphatic heterocycles. The maximum atomic E-state index is 10.7. The molecule has 1 rings (SSSR count). The first-order valence-electron chi connectivity index (χ1n) is 5.11. The number of hydrogen-bond donors (Lipinski definition) is 2. The second-order valence-corrected chi connectivity index (χ2v) is 3.95. The van der Waals surface area contributed by atoms with Gasteiger partial charge in [0, 0.05) is 0 Å². The first-order chi connectivity index (χ1) is 6.24. The van der Waals surface area contributed by atoms with Gasteiger partial charge < -0.3 is 10.4 Å². The molecule has 0 radical (unpaired) electrons. The molecule has 1 saturated carbocycles. The lowest BCUT2D eigenvalue weighted by molar-refractivity contribution is -0.143. The Labute approximate surface area is 79.5 Å². The molecule has 76 valence electrons. The van der Waals surface area contributed by atoms with Gasteiger partial charge in [-0.15, -0.1) is 0 Å². The van der Waals surface area contributed by atoms with Crippen molar-refractivity contribution in [2.45, 2.75) is 32.1 Å². The molecule has 0 aromatic rings. The molecule has 0 atom stereocenters. The summed E-state index contributed by atoms with van der Waals surface area (Å²) in [7, 11) is 1.96. The molecule has 0 spiro atoms. The number of aliphatic carboxylic acids is 1. The van der Waals surface area contributed by atoms with Crippen LogP contribution < -0.4 is 5.32 Å². The molecule has 13 heavy (non-hydrogen) atoms. The number of carboxylic acid groups (broad SMARTS) is 1. The minimum absolute atomic E-state index is 0.0640. The van der Waals surface area contributed by atoms with Crippen molar-refractivity contribution in [3.05, 3.63) is 0 Å². The predicted molar refractivity (Wildman–Crippen MR) is 51.6 cm³/mol. The average Bonchev–Trinajstić information content (AvgIpc) is 2.15. The summed E-state index contributed by atoms with van der Waals surface area (Å²) in [5.41, 5.74) is 0. The minimum Gasteiger partial charge on any atom is -0.481 e. The number of nitrogens with one attached hydrogen (secondary N) is 1. The normalized spacial score (nSPS) is 28.7. The molecule has 3 heteroatoms. The van der Waals surface area contributed by atoms with Crippen molar-refractivity contribution in [2.24, 2.45) is 11.8 Å². The molecule has 0 unspecified atom stereocenters. The minimum atomic E-state index is -0.605. The van der Waals surface area contributed by atoms with Gasteiger partial charge in [-0.1, -0.05) is 0 Å². The van der Waals surface area contributed by atoms with Crippen molar-refractivity contribution < 1.29 is 9.90 Å². The fourth-order valence-electron chi connectivity index (χ4n) is 2.05. The maximum Gasteiger partial charge on any atom is 0.306 e. The third-order valence-electron chi connectivity index (χ3n) is 3.00. The number of carboxylic acids is 1. The molecule has 1 fully saturated rings. The Morgan fingerprint density at radius 3 is 2.46 bits per heavy atom. The topological polar surface area (TPSA) is 49.3 Å². The van der Waals surface area contributed by atoms with Gasteiger partial charge in [0.15, 0.2) is 0 Å². The molecule has 2 N–H and O–H groups in total. The van der Waals surface area contributed by atoms with Gasteiger partial charge in [0.25, 0.3) is 0 Å². The fourth-order valence-corrected chi connectivity index (χ4v) is 2.05. The standard InChI is InChI=1S/C10H19NO2/c1-11-7-6-8-2-4-9(5-3-8)10(12)13/h8-9,11H,2-7H2,1H3,(H,12,13)/t8-,9-. The van der Waals surface area contributed by atoms with E-state index in [4.69, 9.17) is 5.11 Å². The van der Waals surface area contributed by atoms with Crippen LogP contribution in [0.25, 0.3) is 0 Å². The molecular formula is C10H19NO2. The second-order valence-electron chi connectivity index (χ2n) is 3.95. The van der Waals surface area contributed by atoms with Crippen LogP contribution in [0.3, 0.4) is 0 Å². The van der Waals surface area contributed by atoms with Crippen molar-refractivity contribution in [3.63, 3.8) is 0 Å². The van der Waals surface area contributed by atoms with Gasteiger partial charge in [-0.05, 0) is 51.6 Å². The second kappa shape index (κ2) is 5.22. The molecule has 0 amide bonds. The van der Waals surface area contributed by atoms with E-state index in [2.05, 4.69) is 5.32 Å². The fraction of sp³-hybridized carbons (Fsp3) is 0.900. The van der Waals surface area contributed by atoms with Crippen LogP contribution in [0, 0.1) is 11.8 Å². The summed E-state index contributed by atoms with van der Waals surface area (Å²) in [6.07, 6.45) is 5.15. The Morgan fingerprint density at radius 1 is 1.38 bits per heavy atom. The summed E-state index contributed by atoms with van der Waals surface area (Å²) in [6, 6.07) is 0. The highest BCUT2D eigenvalue weighted by Gasteiger charge is 2.25. The summed E-state index contributed by atoms with van der Waals surface area (Å²) < 4.78 is 0. The molecular weight excluding hydrogens is 166 g/mol. The van der Waals surface area contributed by atoms with E-state index in [9.17, 15) is 4.79 Å². The van der Waals surface area contributed by atoms with E-state index >= 15 is 0 Å². The molecule has 1 aliphatic carbocycles. The molecule has 0 aromatic carbocycles. The summed E-state index contributed by atoms with van der Waals surface area (Å²) in [5, 5.41) is 11.9. The molecule has 3 nitrogen and oxygen atoms in total. The summed E-state index contributed by atoms with van der Waals surface area (Å²) in [5.74, 6) is 0.0842. The van der Waals surface area contributed by atoms with E-state index in [-0.39, 0.29) is 5.92 Å². The zero-order valence-corrected chi connectivity index (χ0v) is 8.25. The maximum absolute atomic E-state index is 10.7. The zero-order valence-electron chi connectivity index (χ0n) is 8.25. The van der Waals surface area contributed by atoms with Crippen molar-refractivity contribution in [2.75, 3.05) is 13.6 Å². The number of carbonyl (C=O) groups is 1. The van der Waals surface area contributed by atoms with Crippen LogP contribution in [0.15, 0.2) is 0 Å². The molecule has 0 bridgehead atoms. The van der Waals surface area contributed by atoms with Gasteiger partial charge in [0.1, 0.15) is 0 Å².